The molecule has 0 fully saturated rings. The normalized spacial score (nSPS) is 13.8. The van der Waals surface area contributed by atoms with Gasteiger partial charge in [0.05, 0.1) is 12.1 Å². The number of carbonyl (C=O) groups is 2. The van der Waals surface area contributed by atoms with Gasteiger partial charge >= 0.3 is 0 Å². The van der Waals surface area contributed by atoms with Crippen molar-refractivity contribution in [2.45, 2.75) is 39.3 Å². The van der Waals surface area contributed by atoms with Crippen LogP contribution in [0.2, 0.25) is 0 Å². The first-order chi connectivity index (χ1) is 14.5. The lowest BCUT2D eigenvalue weighted by atomic mass is 9.86. The van der Waals surface area contributed by atoms with Crippen LogP contribution in [0.5, 0.6) is 0 Å². The third kappa shape index (κ3) is 5.17. The molecule has 3 atom stereocenters. The van der Waals surface area contributed by atoms with Gasteiger partial charge in [-0.1, -0.05) is 62.4 Å². The van der Waals surface area contributed by atoms with Crippen molar-refractivity contribution in [2.75, 3.05) is 0 Å². The number of amides is 2. The second kappa shape index (κ2) is 9.92. The van der Waals surface area contributed by atoms with Gasteiger partial charge < -0.3 is 15.1 Å². The lowest BCUT2D eigenvalue weighted by molar-refractivity contribution is -0.122. The molecule has 0 saturated heterocycles. The molecule has 0 saturated carbocycles. The van der Waals surface area contributed by atoms with E-state index in [9.17, 15) is 9.59 Å². The predicted molar refractivity (Wildman–Crippen MR) is 117 cm³/mol. The number of carbonyl (C=O) groups excluding carboxylic acids is 2. The van der Waals surface area contributed by atoms with E-state index in [1.165, 1.54) is 0 Å². The maximum atomic E-state index is 13.0. The third-order valence-electron chi connectivity index (χ3n) is 5.24. The highest BCUT2D eigenvalue weighted by Crippen LogP contribution is 2.34. The fraction of sp³-hybridized carbons (Fsp3) is 0.280. The van der Waals surface area contributed by atoms with Crippen LogP contribution in [0.15, 0.2) is 77.2 Å². The number of hydrogen-bond donors (Lipinski definition) is 2. The molecule has 0 aliphatic rings. The Hall–Kier alpha value is -3.34. The van der Waals surface area contributed by atoms with Gasteiger partial charge in [-0.2, -0.15) is 0 Å². The summed E-state index contributed by atoms with van der Waals surface area (Å²) in [5.41, 5.74) is 1.56. The molecule has 1 heterocycles. The van der Waals surface area contributed by atoms with Gasteiger partial charge in [0.25, 0.3) is 5.91 Å². The molecule has 0 radical (unpaired) electrons. The van der Waals surface area contributed by atoms with Crippen LogP contribution in [0.3, 0.4) is 0 Å². The molecule has 0 aliphatic heterocycles. The Balaban J connectivity index is 1.95. The summed E-state index contributed by atoms with van der Waals surface area (Å²) in [6.45, 7) is 5.70. The van der Waals surface area contributed by atoms with E-state index in [-0.39, 0.29) is 29.8 Å². The summed E-state index contributed by atoms with van der Waals surface area (Å²) in [6.07, 6.45) is 0.370. The van der Waals surface area contributed by atoms with Crippen molar-refractivity contribution < 1.29 is 14.0 Å². The van der Waals surface area contributed by atoms with Crippen molar-refractivity contribution in [3.05, 3.63) is 95.4 Å². The summed E-state index contributed by atoms with van der Waals surface area (Å²) in [6, 6.07) is 22.0. The first-order valence-electron chi connectivity index (χ1n) is 10.3. The number of nitrogens with one attached hydrogen (secondary N) is 2. The van der Waals surface area contributed by atoms with E-state index >= 15 is 0 Å². The molecule has 3 rings (SSSR count). The van der Waals surface area contributed by atoms with E-state index in [4.69, 9.17) is 4.42 Å². The lowest BCUT2D eigenvalue weighted by Crippen LogP contribution is -2.40. The Labute approximate surface area is 177 Å². The summed E-state index contributed by atoms with van der Waals surface area (Å²) < 4.78 is 5.86. The molecule has 2 aromatic carbocycles. The molecule has 0 aliphatic carbocycles. The zero-order valence-electron chi connectivity index (χ0n) is 17.6. The molecule has 156 valence electrons. The summed E-state index contributed by atoms with van der Waals surface area (Å²) >= 11 is 0. The van der Waals surface area contributed by atoms with E-state index in [2.05, 4.69) is 10.6 Å². The number of aryl methyl sites for hydroxylation is 1. The van der Waals surface area contributed by atoms with Crippen LogP contribution in [-0.2, 0) is 4.79 Å². The maximum Gasteiger partial charge on any atom is 0.251 e. The number of furan rings is 1. The van der Waals surface area contributed by atoms with Gasteiger partial charge in [-0.05, 0) is 36.8 Å². The standard InChI is InChI=1S/C25H28N2O3/c1-4-22(28)26-24(21-16-15-17(2)30-21)18(3)23(19-11-7-5-8-12-19)27-25(29)20-13-9-6-10-14-20/h5-16,18,23-24H,4H2,1-3H3,(H,26,28)(H,27,29)/t18-,23-,24+/m0/s1. The summed E-state index contributed by atoms with van der Waals surface area (Å²) in [7, 11) is 0. The Kier molecular flexibility index (Phi) is 7.07. The Morgan fingerprint density at radius 1 is 0.867 bits per heavy atom. The predicted octanol–water partition coefficient (Wildman–Crippen LogP) is 4.96. The van der Waals surface area contributed by atoms with Crippen molar-refractivity contribution in [3.8, 4) is 0 Å². The van der Waals surface area contributed by atoms with Gasteiger partial charge in [-0.15, -0.1) is 0 Å². The topological polar surface area (TPSA) is 71.3 Å². The van der Waals surface area contributed by atoms with Crippen molar-refractivity contribution in [2.24, 2.45) is 5.92 Å². The largest absolute Gasteiger partial charge is 0.464 e. The number of benzene rings is 2. The minimum atomic E-state index is -0.382. The van der Waals surface area contributed by atoms with Gasteiger partial charge in [-0.25, -0.2) is 0 Å². The first kappa shape index (κ1) is 21.4. The average Bonchev–Trinajstić information content (AvgIpc) is 3.22. The fourth-order valence-corrected chi connectivity index (χ4v) is 3.54. The molecule has 1 aromatic heterocycles. The molecule has 2 N–H and O–H groups in total. The van der Waals surface area contributed by atoms with E-state index in [0.717, 1.165) is 11.3 Å². The van der Waals surface area contributed by atoms with Crippen molar-refractivity contribution in [3.63, 3.8) is 0 Å². The SMILES string of the molecule is CCC(=O)N[C@@H](c1ccc(C)o1)[C@@H](C)[C@H](NC(=O)c1ccccc1)c1ccccc1. The highest BCUT2D eigenvalue weighted by atomic mass is 16.3. The van der Waals surface area contributed by atoms with Crippen LogP contribution in [-0.4, -0.2) is 11.8 Å². The van der Waals surface area contributed by atoms with Gasteiger partial charge in [0.15, 0.2) is 0 Å². The molecule has 0 spiro atoms. The molecule has 0 bridgehead atoms. The van der Waals surface area contributed by atoms with Crippen LogP contribution >= 0.6 is 0 Å². The summed E-state index contributed by atoms with van der Waals surface area (Å²) in [5.74, 6) is 1.06. The molecular formula is C25H28N2O3. The number of rotatable bonds is 8. The van der Waals surface area contributed by atoms with Gasteiger partial charge in [0.2, 0.25) is 5.91 Å². The van der Waals surface area contributed by atoms with Gasteiger partial charge in [0, 0.05) is 17.9 Å². The third-order valence-corrected chi connectivity index (χ3v) is 5.24. The van der Waals surface area contributed by atoms with E-state index < -0.39 is 0 Å². The molecule has 0 unspecified atom stereocenters. The minimum absolute atomic E-state index is 0.0675. The summed E-state index contributed by atoms with van der Waals surface area (Å²) in [5, 5.41) is 6.24. The molecule has 2 amide bonds. The smallest absolute Gasteiger partial charge is 0.251 e. The highest BCUT2D eigenvalue weighted by Gasteiger charge is 2.32. The average molecular weight is 405 g/mol. The van der Waals surface area contributed by atoms with Crippen LogP contribution < -0.4 is 10.6 Å². The molecule has 5 nitrogen and oxygen atoms in total. The quantitative estimate of drug-likeness (QED) is 0.557. The van der Waals surface area contributed by atoms with E-state index in [0.29, 0.717) is 17.7 Å². The Morgan fingerprint density at radius 2 is 1.50 bits per heavy atom. The maximum absolute atomic E-state index is 13.0. The van der Waals surface area contributed by atoms with Gasteiger partial charge in [0.1, 0.15) is 11.5 Å². The number of hydrogen-bond acceptors (Lipinski definition) is 3. The Morgan fingerprint density at radius 3 is 2.07 bits per heavy atom. The second-order valence-corrected chi connectivity index (χ2v) is 7.43. The molecule has 3 aromatic rings. The second-order valence-electron chi connectivity index (χ2n) is 7.43. The molecule has 5 heteroatoms. The summed E-state index contributed by atoms with van der Waals surface area (Å²) in [4.78, 5) is 25.2. The van der Waals surface area contributed by atoms with Crippen LogP contribution in [0.4, 0.5) is 0 Å². The van der Waals surface area contributed by atoms with Crippen LogP contribution in [0.1, 0.15) is 59.8 Å². The molecular weight excluding hydrogens is 376 g/mol. The zero-order valence-corrected chi connectivity index (χ0v) is 17.6. The fourth-order valence-electron chi connectivity index (χ4n) is 3.54. The highest BCUT2D eigenvalue weighted by molar-refractivity contribution is 5.94. The molecule has 30 heavy (non-hydrogen) atoms. The monoisotopic (exact) mass is 404 g/mol. The van der Waals surface area contributed by atoms with Gasteiger partial charge in [-0.3, -0.25) is 9.59 Å². The van der Waals surface area contributed by atoms with Crippen LogP contribution in [0.25, 0.3) is 0 Å². The van der Waals surface area contributed by atoms with Crippen LogP contribution in [0, 0.1) is 12.8 Å². The van der Waals surface area contributed by atoms with E-state index in [1.54, 1.807) is 12.1 Å². The lowest BCUT2D eigenvalue weighted by Gasteiger charge is -2.32. The zero-order chi connectivity index (χ0) is 21.5. The minimum Gasteiger partial charge on any atom is -0.464 e. The van der Waals surface area contributed by atoms with Crippen molar-refractivity contribution >= 4 is 11.8 Å². The Bertz CT molecular complexity index is 966. The van der Waals surface area contributed by atoms with Crippen molar-refractivity contribution in [1.82, 2.24) is 10.6 Å². The first-order valence-corrected chi connectivity index (χ1v) is 10.3. The van der Waals surface area contributed by atoms with E-state index in [1.807, 2.05) is 81.4 Å². The van der Waals surface area contributed by atoms with Crippen molar-refractivity contribution in [1.29, 1.82) is 0 Å².